The number of ketones is 1. The van der Waals surface area contributed by atoms with Crippen molar-refractivity contribution >= 4 is 28.8 Å². The molecule has 308 valence electrons. The Hall–Kier alpha value is -4.15. The number of ether oxygens (including phenoxy) is 1. The van der Waals surface area contributed by atoms with Crippen LogP contribution >= 0.6 is 11.8 Å². The normalized spacial score (nSPS) is 20.6. The molecule has 0 aromatic heterocycles. The minimum Gasteiger partial charge on any atom is -0.481 e. The van der Waals surface area contributed by atoms with Crippen LogP contribution in [0.4, 0.5) is 22.0 Å². The van der Waals surface area contributed by atoms with Gasteiger partial charge in [0, 0.05) is 48.1 Å². The van der Waals surface area contributed by atoms with Crippen molar-refractivity contribution in [1.29, 1.82) is 5.26 Å². The molecule has 0 radical (unpaired) electrons. The zero-order valence-electron chi connectivity index (χ0n) is 34.1. The minimum atomic E-state index is -5.05. The van der Waals surface area contributed by atoms with Gasteiger partial charge in [-0.3, -0.25) is 4.79 Å². The van der Waals surface area contributed by atoms with Crippen LogP contribution in [0.1, 0.15) is 97.6 Å². The summed E-state index contributed by atoms with van der Waals surface area (Å²) < 4.78 is 80.2. The number of allylic oxidation sites excluding steroid dienone is 7. The standard InChI is InChI=1S/C31H37F5N4OS.C8H15N.C4H6O/c1-9-17(3)11-12-21(10-2)40(7)18(4)23-15-25(31(34,35)36)27(28(33)29(23)39-20(6)41-8)22-13-14-26(32)30(24(22)16-37)42-19(5)38;1-7-5-8-3-2-4-9(8)6-7;1-3-4(2)5/h13-15,17,21H,5-6,9-12,38H2,1-4,7-8H3;7-8H,2-6H2,1H3;3H,1H2,2H3/b23-18+,39-29+;;/t;7-,8?;/m.1./s1. The summed E-state index contributed by atoms with van der Waals surface area (Å²) in [5.74, 6) is -1.04. The third kappa shape index (κ3) is 12.9. The van der Waals surface area contributed by atoms with Gasteiger partial charge in [0.05, 0.1) is 28.2 Å². The van der Waals surface area contributed by atoms with Gasteiger partial charge in [-0.1, -0.05) is 59.0 Å². The van der Waals surface area contributed by atoms with E-state index in [1.165, 1.54) is 52.5 Å². The smallest absolute Gasteiger partial charge is 0.417 e. The van der Waals surface area contributed by atoms with Gasteiger partial charge in [0.2, 0.25) is 5.88 Å². The van der Waals surface area contributed by atoms with E-state index in [0.717, 1.165) is 49.4 Å². The molecular formula is C43H58F5N5O2S. The predicted molar refractivity (Wildman–Crippen MR) is 219 cm³/mol. The summed E-state index contributed by atoms with van der Waals surface area (Å²) in [4.78, 5) is 17.9. The van der Waals surface area contributed by atoms with Crippen LogP contribution in [0.15, 0.2) is 87.5 Å². The Labute approximate surface area is 334 Å². The van der Waals surface area contributed by atoms with Crippen LogP contribution in [0.2, 0.25) is 0 Å². The first-order valence-electron chi connectivity index (χ1n) is 18.9. The van der Waals surface area contributed by atoms with Crippen molar-refractivity contribution in [2.24, 2.45) is 22.6 Å². The molecule has 2 fully saturated rings. The number of carbonyl (C=O) groups is 1. The van der Waals surface area contributed by atoms with Crippen LogP contribution in [-0.4, -0.2) is 66.8 Å². The van der Waals surface area contributed by atoms with Crippen LogP contribution in [0.25, 0.3) is 5.57 Å². The van der Waals surface area contributed by atoms with Crippen LogP contribution in [0.3, 0.4) is 0 Å². The first-order chi connectivity index (χ1) is 26.2. The fraction of sp³-hybridized carbons (Fsp3) is 0.512. The summed E-state index contributed by atoms with van der Waals surface area (Å²) in [6.07, 6.45) is 4.86. The second kappa shape index (κ2) is 22.0. The highest BCUT2D eigenvalue weighted by atomic mass is 32.2. The summed E-state index contributed by atoms with van der Waals surface area (Å²) in [6.45, 7) is 24.7. The summed E-state index contributed by atoms with van der Waals surface area (Å²) in [7, 11) is 3.00. The zero-order valence-corrected chi connectivity index (χ0v) is 34.9. The molecule has 1 aromatic carbocycles. The monoisotopic (exact) mass is 803 g/mol. The van der Waals surface area contributed by atoms with E-state index in [4.69, 9.17) is 10.5 Å². The third-order valence-electron chi connectivity index (χ3n) is 10.4. The van der Waals surface area contributed by atoms with Crippen molar-refractivity contribution in [2.75, 3.05) is 27.2 Å². The number of hydrogen-bond donors (Lipinski definition) is 1. The van der Waals surface area contributed by atoms with Gasteiger partial charge < -0.3 is 20.3 Å². The Kier molecular flexibility index (Phi) is 18.8. The number of hydrogen-bond acceptors (Lipinski definition) is 8. The molecule has 1 aliphatic carbocycles. The molecule has 4 atom stereocenters. The first-order valence-corrected chi connectivity index (χ1v) is 19.7. The predicted octanol–water partition coefficient (Wildman–Crippen LogP) is 11.0. The van der Waals surface area contributed by atoms with Crippen molar-refractivity contribution in [3.05, 3.63) is 94.5 Å². The number of nitrogens with two attached hydrogens (primary N) is 1. The molecular weight excluding hydrogens is 746 g/mol. The summed E-state index contributed by atoms with van der Waals surface area (Å²) in [5, 5.41) is 9.77. The van der Waals surface area contributed by atoms with E-state index >= 15 is 4.39 Å². The van der Waals surface area contributed by atoms with Crippen molar-refractivity contribution < 1.29 is 31.5 Å². The van der Waals surface area contributed by atoms with E-state index in [1.54, 1.807) is 20.0 Å². The fourth-order valence-electron chi connectivity index (χ4n) is 6.95. The van der Waals surface area contributed by atoms with E-state index in [9.17, 15) is 27.6 Å². The van der Waals surface area contributed by atoms with Gasteiger partial charge in [-0.2, -0.15) is 18.4 Å². The molecule has 2 saturated heterocycles. The number of methoxy groups -OCH3 is 1. The molecule has 2 N–H and O–H groups in total. The van der Waals surface area contributed by atoms with Gasteiger partial charge in [0.1, 0.15) is 17.6 Å². The fourth-order valence-corrected chi connectivity index (χ4v) is 7.63. The summed E-state index contributed by atoms with van der Waals surface area (Å²) >= 11 is 0.562. The lowest BCUT2D eigenvalue weighted by atomic mass is 9.84. The topological polar surface area (TPSA) is 95.0 Å². The van der Waals surface area contributed by atoms with Gasteiger partial charge in [-0.25, -0.2) is 13.8 Å². The molecule has 2 heterocycles. The van der Waals surface area contributed by atoms with Crippen LogP contribution in [0.5, 0.6) is 0 Å². The van der Waals surface area contributed by atoms with Crippen molar-refractivity contribution in [3.8, 4) is 6.07 Å². The lowest BCUT2D eigenvalue weighted by Gasteiger charge is -2.33. The van der Waals surface area contributed by atoms with Crippen LogP contribution in [-0.2, 0) is 9.53 Å². The summed E-state index contributed by atoms with van der Waals surface area (Å²) in [6, 6.07) is 4.46. The Morgan fingerprint density at radius 2 is 1.86 bits per heavy atom. The molecule has 1 aromatic rings. The number of alkyl halides is 3. The van der Waals surface area contributed by atoms with E-state index in [1.807, 2.05) is 11.8 Å². The number of nitrogens with zero attached hydrogens (tertiary/aromatic N) is 4. The molecule has 0 saturated carbocycles. The molecule has 56 heavy (non-hydrogen) atoms. The maximum atomic E-state index is 16.5. The van der Waals surface area contributed by atoms with E-state index in [2.05, 4.69) is 50.4 Å². The maximum absolute atomic E-state index is 16.5. The Morgan fingerprint density at radius 1 is 1.21 bits per heavy atom. The second-order valence-corrected chi connectivity index (χ2v) is 15.6. The van der Waals surface area contributed by atoms with Gasteiger partial charge in [-0.15, -0.1) is 0 Å². The average Bonchev–Trinajstić information content (AvgIpc) is 3.73. The zero-order chi connectivity index (χ0) is 42.5. The SMILES string of the molecule is C=C(/N=C1/C(F)=C(c2ccc(F)c(SC(=C)N)c2C#N)C(C(F)(F)F)=C/C1=C(/C)N(C)C(CC)CCC(C)CC)OC.C=CC(C)=O.C[C@@H]1CC2CCCN2C1. The van der Waals surface area contributed by atoms with Crippen molar-refractivity contribution in [3.63, 3.8) is 0 Å². The molecule has 3 unspecified atom stereocenters. The number of carbonyl (C=O) groups excluding carboxylic acids is 1. The lowest BCUT2D eigenvalue weighted by molar-refractivity contribution is -0.112. The summed E-state index contributed by atoms with van der Waals surface area (Å²) in [5.41, 5.74) is 2.10. The van der Waals surface area contributed by atoms with E-state index < -0.39 is 45.8 Å². The molecule has 0 spiro atoms. The number of halogens is 5. The molecule has 13 heteroatoms. The average molecular weight is 804 g/mol. The Morgan fingerprint density at radius 3 is 2.36 bits per heavy atom. The number of fused-ring (bicyclic) bond motifs is 1. The number of thioether (sulfide) groups is 1. The number of aliphatic imine (C=N–C) groups is 1. The van der Waals surface area contributed by atoms with E-state index in [-0.39, 0.29) is 33.2 Å². The van der Waals surface area contributed by atoms with Gasteiger partial charge in [-0.05, 0) is 102 Å². The molecule has 0 bridgehead atoms. The lowest BCUT2D eigenvalue weighted by Crippen LogP contribution is -2.32. The number of nitriles is 1. The quantitative estimate of drug-likeness (QED) is 0.0918. The van der Waals surface area contributed by atoms with Gasteiger partial charge >= 0.3 is 6.18 Å². The second-order valence-electron chi connectivity index (χ2n) is 14.5. The molecule has 4 rings (SSSR count). The highest BCUT2D eigenvalue weighted by Gasteiger charge is 2.43. The third-order valence-corrected chi connectivity index (χ3v) is 11.2. The number of benzene rings is 1. The van der Waals surface area contributed by atoms with Crippen LogP contribution in [0, 0.1) is 29.0 Å². The minimum absolute atomic E-state index is 0.0185. The maximum Gasteiger partial charge on any atom is 0.417 e. The largest absolute Gasteiger partial charge is 0.481 e. The van der Waals surface area contributed by atoms with E-state index in [0.29, 0.717) is 29.8 Å². The molecule has 7 nitrogen and oxygen atoms in total. The van der Waals surface area contributed by atoms with Crippen LogP contribution < -0.4 is 5.73 Å². The highest BCUT2D eigenvalue weighted by molar-refractivity contribution is 8.03. The Bertz CT molecular complexity index is 1760. The van der Waals surface area contributed by atoms with Crippen molar-refractivity contribution in [2.45, 2.75) is 110 Å². The highest BCUT2D eigenvalue weighted by Crippen LogP contribution is 2.47. The van der Waals surface area contributed by atoms with Gasteiger partial charge in [0.25, 0.3) is 0 Å². The number of rotatable bonds is 13. The molecule has 3 aliphatic rings. The Balaban J connectivity index is 0.000000639. The van der Waals surface area contributed by atoms with Crippen molar-refractivity contribution in [1.82, 2.24) is 9.80 Å². The molecule has 2 aliphatic heterocycles. The first kappa shape index (κ1) is 48.0. The molecule has 0 amide bonds. The van der Waals surface area contributed by atoms with Gasteiger partial charge in [0.15, 0.2) is 11.6 Å².